The molecule has 1 unspecified atom stereocenters. The van der Waals surface area contributed by atoms with E-state index in [0.717, 1.165) is 15.4 Å². The van der Waals surface area contributed by atoms with E-state index in [-0.39, 0.29) is 12.5 Å². The molecule has 0 aliphatic carbocycles. The molecule has 1 N–H and O–H groups in total. The summed E-state index contributed by atoms with van der Waals surface area (Å²) in [5, 5.41) is 10.3. The third kappa shape index (κ3) is 2.76. The number of carboxylic acid groups (broad SMARTS) is 1. The molecule has 23 heavy (non-hydrogen) atoms. The highest BCUT2D eigenvalue weighted by Gasteiger charge is 2.40. The van der Waals surface area contributed by atoms with E-state index >= 15 is 0 Å². The number of piperidine rings is 1. The average molecular weight is 380 g/mol. The number of rotatable bonds is 2. The van der Waals surface area contributed by atoms with Crippen molar-refractivity contribution in [3.8, 4) is 0 Å². The van der Waals surface area contributed by atoms with Gasteiger partial charge in [0.25, 0.3) is 5.91 Å². The van der Waals surface area contributed by atoms with Gasteiger partial charge in [0.15, 0.2) is 5.76 Å². The number of halogens is 1. The zero-order valence-electron chi connectivity index (χ0n) is 13.1. The first-order valence-electron chi connectivity index (χ1n) is 7.53. The van der Waals surface area contributed by atoms with Crippen LogP contribution in [0.2, 0.25) is 0 Å². The summed E-state index contributed by atoms with van der Waals surface area (Å²) in [5.74, 6) is -0.796. The molecule has 3 rings (SSSR count). The smallest absolute Gasteiger partial charge is 0.311 e. The average Bonchev–Trinajstić information content (AvgIpc) is 2.83. The number of aliphatic carboxylic acids is 1. The van der Waals surface area contributed by atoms with E-state index in [1.807, 2.05) is 25.1 Å². The highest BCUT2D eigenvalue weighted by Crippen LogP contribution is 2.33. The van der Waals surface area contributed by atoms with Crippen molar-refractivity contribution in [2.45, 2.75) is 26.7 Å². The molecule has 0 spiro atoms. The normalized spacial score (nSPS) is 21.6. The Kier molecular flexibility index (Phi) is 3.96. The first-order chi connectivity index (χ1) is 10.8. The minimum absolute atomic E-state index is 0.210. The van der Waals surface area contributed by atoms with Crippen LogP contribution in [0, 0.1) is 12.3 Å². The number of fused-ring (bicyclic) bond motifs is 1. The Balaban J connectivity index is 1.94. The molecule has 0 bridgehead atoms. The number of hydrogen-bond acceptors (Lipinski definition) is 3. The Bertz CT molecular complexity index is 797. The van der Waals surface area contributed by atoms with Crippen LogP contribution in [0.1, 0.15) is 35.9 Å². The van der Waals surface area contributed by atoms with E-state index < -0.39 is 11.4 Å². The van der Waals surface area contributed by atoms with E-state index in [9.17, 15) is 14.7 Å². The van der Waals surface area contributed by atoms with Crippen molar-refractivity contribution >= 4 is 38.8 Å². The lowest BCUT2D eigenvalue weighted by atomic mass is 9.82. The predicted octanol–water partition coefficient (Wildman–Crippen LogP) is 3.83. The summed E-state index contributed by atoms with van der Waals surface area (Å²) in [4.78, 5) is 25.9. The Labute approximate surface area is 142 Å². The zero-order chi connectivity index (χ0) is 16.8. The number of hydrogen-bond donors (Lipinski definition) is 1. The minimum Gasteiger partial charge on any atom is -0.481 e. The molecule has 122 valence electrons. The molecule has 1 aromatic heterocycles. The van der Waals surface area contributed by atoms with Crippen LogP contribution >= 0.6 is 15.9 Å². The Morgan fingerprint density at radius 3 is 2.83 bits per heavy atom. The Morgan fingerprint density at radius 2 is 2.13 bits per heavy atom. The van der Waals surface area contributed by atoms with E-state index in [1.54, 1.807) is 11.8 Å². The third-order valence-electron chi connectivity index (χ3n) is 4.59. The van der Waals surface area contributed by atoms with Crippen molar-refractivity contribution in [2.75, 3.05) is 13.1 Å². The fourth-order valence-electron chi connectivity index (χ4n) is 3.13. The predicted molar refractivity (Wildman–Crippen MR) is 89.5 cm³/mol. The third-order valence-corrected chi connectivity index (χ3v) is 5.09. The Hall–Kier alpha value is -1.82. The van der Waals surface area contributed by atoms with Crippen molar-refractivity contribution in [1.82, 2.24) is 4.90 Å². The maximum absolute atomic E-state index is 12.8. The molecule has 1 aromatic carbocycles. The van der Waals surface area contributed by atoms with E-state index in [2.05, 4.69) is 15.9 Å². The second-order valence-electron chi connectivity index (χ2n) is 6.39. The first kappa shape index (κ1) is 16.1. The highest BCUT2D eigenvalue weighted by atomic mass is 79.9. The van der Waals surface area contributed by atoms with Crippen LogP contribution in [0.4, 0.5) is 0 Å². The van der Waals surface area contributed by atoms with Gasteiger partial charge in [0.05, 0.1) is 5.41 Å². The summed E-state index contributed by atoms with van der Waals surface area (Å²) in [5.41, 5.74) is 0.553. The summed E-state index contributed by atoms with van der Waals surface area (Å²) in [6.45, 7) is 4.31. The number of nitrogens with zero attached hydrogens (tertiary/aromatic N) is 1. The second-order valence-corrected chi connectivity index (χ2v) is 7.31. The quantitative estimate of drug-likeness (QED) is 0.860. The molecular weight excluding hydrogens is 362 g/mol. The number of amides is 1. The van der Waals surface area contributed by atoms with Crippen molar-refractivity contribution in [3.05, 3.63) is 34.0 Å². The fraction of sp³-hybridized carbons (Fsp3) is 0.412. The number of likely N-dealkylation sites (tertiary alicyclic amines) is 1. The summed E-state index contributed by atoms with van der Waals surface area (Å²) in [7, 11) is 0. The largest absolute Gasteiger partial charge is 0.481 e. The Morgan fingerprint density at radius 1 is 1.39 bits per heavy atom. The summed E-state index contributed by atoms with van der Waals surface area (Å²) < 4.78 is 6.66. The SMILES string of the molecule is Cc1c(C(=O)N2CCCC(C)(C(=O)O)C2)oc2ccc(Br)cc12. The lowest BCUT2D eigenvalue weighted by Gasteiger charge is -2.37. The first-order valence-corrected chi connectivity index (χ1v) is 8.32. The van der Waals surface area contributed by atoms with Gasteiger partial charge in [-0.3, -0.25) is 9.59 Å². The number of carboxylic acids is 1. The van der Waals surface area contributed by atoms with Gasteiger partial charge in [0.2, 0.25) is 0 Å². The summed E-state index contributed by atoms with van der Waals surface area (Å²) in [6.07, 6.45) is 1.26. The van der Waals surface area contributed by atoms with Gasteiger partial charge in [-0.2, -0.15) is 0 Å². The molecule has 1 saturated heterocycles. The van der Waals surface area contributed by atoms with Crippen molar-refractivity contribution in [2.24, 2.45) is 5.41 Å². The molecule has 1 aliphatic heterocycles. The topological polar surface area (TPSA) is 70.8 Å². The van der Waals surface area contributed by atoms with Crippen LogP contribution in [-0.2, 0) is 4.79 Å². The zero-order valence-corrected chi connectivity index (χ0v) is 14.6. The molecule has 0 radical (unpaired) electrons. The van der Waals surface area contributed by atoms with Gasteiger partial charge in [0.1, 0.15) is 5.58 Å². The van der Waals surface area contributed by atoms with Crippen LogP contribution in [0.25, 0.3) is 11.0 Å². The molecule has 6 heteroatoms. The van der Waals surface area contributed by atoms with Gasteiger partial charge in [-0.1, -0.05) is 15.9 Å². The monoisotopic (exact) mass is 379 g/mol. The molecule has 1 atom stereocenters. The van der Waals surface area contributed by atoms with E-state index in [4.69, 9.17) is 4.42 Å². The standard InChI is InChI=1S/C17H18BrNO4/c1-10-12-8-11(18)4-5-13(12)23-14(10)15(20)19-7-3-6-17(2,9-19)16(21)22/h4-5,8H,3,6-7,9H2,1-2H3,(H,21,22). The van der Waals surface area contributed by atoms with E-state index in [1.165, 1.54) is 0 Å². The molecule has 1 aliphatic rings. The molecule has 1 fully saturated rings. The van der Waals surface area contributed by atoms with Gasteiger partial charge in [-0.05, 0) is 44.9 Å². The van der Waals surface area contributed by atoms with Crippen molar-refractivity contribution in [1.29, 1.82) is 0 Å². The van der Waals surface area contributed by atoms with Crippen molar-refractivity contribution < 1.29 is 19.1 Å². The second kappa shape index (κ2) is 5.67. The maximum atomic E-state index is 12.8. The van der Waals surface area contributed by atoms with Gasteiger partial charge in [-0.15, -0.1) is 0 Å². The van der Waals surface area contributed by atoms with Gasteiger partial charge in [-0.25, -0.2) is 0 Å². The van der Waals surface area contributed by atoms with Gasteiger partial charge in [0, 0.05) is 28.5 Å². The lowest BCUT2D eigenvalue weighted by Crippen LogP contribution is -2.48. The molecule has 0 saturated carbocycles. The van der Waals surface area contributed by atoms with Gasteiger partial charge >= 0.3 is 5.97 Å². The molecule has 2 aromatic rings. The number of carbonyl (C=O) groups excluding carboxylic acids is 1. The lowest BCUT2D eigenvalue weighted by molar-refractivity contribution is -0.150. The fourth-order valence-corrected chi connectivity index (χ4v) is 3.49. The minimum atomic E-state index is -0.892. The number of aryl methyl sites for hydroxylation is 1. The number of benzene rings is 1. The van der Waals surface area contributed by atoms with Crippen LogP contribution < -0.4 is 0 Å². The molecule has 2 heterocycles. The molecular formula is C17H18BrNO4. The van der Waals surface area contributed by atoms with Gasteiger partial charge < -0.3 is 14.4 Å². The van der Waals surface area contributed by atoms with Crippen LogP contribution in [0.3, 0.4) is 0 Å². The molecule has 1 amide bonds. The number of carbonyl (C=O) groups is 2. The molecule has 5 nitrogen and oxygen atoms in total. The number of furan rings is 1. The summed E-state index contributed by atoms with van der Waals surface area (Å²) >= 11 is 3.42. The van der Waals surface area contributed by atoms with E-state index in [0.29, 0.717) is 30.7 Å². The highest BCUT2D eigenvalue weighted by molar-refractivity contribution is 9.10. The van der Waals surface area contributed by atoms with Crippen LogP contribution in [0.5, 0.6) is 0 Å². The van der Waals surface area contributed by atoms with Crippen LogP contribution in [-0.4, -0.2) is 35.0 Å². The van der Waals surface area contributed by atoms with Crippen LogP contribution in [0.15, 0.2) is 27.1 Å². The maximum Gasteiger partial charge on any atom is 0.311 e. The van der Waals surface area contributed by atoms with Crippen molar-refractivity contribution in [3.63, 3.8) is 0 Å². The summed E-state index contributed by atoms with van der Waals surface area (Å²) in [6, 6.07) is 5.60.